The number of benzene rings is 2. The van der Waals surface area contributed by atoms with Gasteiger partial charge >= 0.3 is 6.18 Å². The number of hydrogen-bond donors (Lipinski definition) is 0. The van der Waals surface area contributed by atoms with Gasteiger partial charge in [0.2, 0.25) is 0 Å². The molecule has 0 saturated heterocycles. The molecule has 0 radical (unpaired) electrons. The molecule has 0 fully saturated rings. The summed E-state index contributed by atoms with van der Waals surface area (Å²) in [6.07, 6.45) is -2.27. The third-order valence-electron chi connectivity index (χ3n) is 3.99. The fraction of sp³-hybridized carbons (Fsp3) is 0.316. The molecule has 0 aromatic heterocycles. The summed E-state index contributed by atoms with van der Waals surface area (Å²) in [5.41, 5.74) is 2.42. The number of aliphatic imine (C=N–C) groups is 1. The summed E-state index contributed by atoms with van der Waals surface area (Å²) in [4.78, 5) is 6.36. The van der Waals surface area contributed by atoms with E-state index in [-0.39, 0.29) is 0 Å². The molecule has 2 aromatic rings. The second-order valence-corrected chi connectivity index (χ2v) is 6.34. The molecule has 2 aromatic carbocycles. The van der Waals surface area contributed by atoms with Crippen LogP contribution < -0.4 is 0 Å². The molecule has 0 unspecified atom stereocenters. The smallest absolute Gasteiger partial charge is 0.366 e. The molecule has 0 atom stereocenters. The van der Waals surface area contributed by atoms with Crippen LogP contribution in [0.15, 0.2) is 41.4 Å². The van der Waals surface area contributed by atoms with Crippen molar-refractivity contribution in [2.75, 3.05) is 13.6 Å². The van der Waals surface area contributed by atoms with Crippen molar-refractivity contribution in [3.63, 3.8) is 0 Å². The fourth-order valence-corrected chi connectivity index (χ4v) is 2.59. The van der Waals surface area contributed by atoms with Crippen LogP contribution in [0.2, 0.25) is 5.02 Å². The van der Waals surface area contributed by atoms with Crippen molar-refractivity contribution in [1.29, 1.82) is 0 Å². The average Bonchev–Trinajstić information content (AvgIpc) is 2.55. The van der Waals surface area contributed by atoms with Gasteiger partial charge in [0.1, 0.15) is 0 Å². The summed E-state index contributed by atoms with van der Waals surface area (Å²) in [6, 6.07) is 8.89. The van der Waals surface area contributed by atoms with Crippen LogP contribution in [0.25, 0.3) is 0 Å². The quantitative estimate of drug-likeness (QED) is 0.476. The maximum absolute atomic E-state index is 12.9. The highest BCUT2D eigenvalue weighted by Crippen LogP contribution is 2.32. The number of rotatable bonds is 5. The van der Waals surface area contributed by atoms with Crippen molar-refractivity contribution in [3.05, 3.63) is 63.7 Å². The largest absolute Gasteiger partial charge is 0.416 e. The maximum Gasteiger partial charge on any atom is 0.416 e. The van der Waals surface area contributed by atoms with E-state index in [2.05, 4.69) is 4.99 Å². The van der Waals surface area contributed by atoms with E-state index in [1.54, 1.807) is 24.5 Å². The molecule has 0 aliphatic carbocycles. The Bertz CT molecular complexity index is 770. The number of nitrogens with zero attached hydrogens (tertiary/aromatic N) is 2. The Morgan fingerprint density at radius 1 is 1.20 bits per heavy atom. The predicted octanol–water partition coefficient (Wildman–Crippen LogP) is 5.87. The summed E-state index contributed by atoms with van der Waals surface area (Å²) >= 11 is 6.17. The Labute approximate surface area is 150 Å². The van der Waals surface area contributed by atoms with Gasteiger partial charge in [-0.1, -0.05) is 29.8 Å². The monoisotopic (exact) mass is 368 g/mol. The Morgan fingerprint density at radius 2 is 1.92 bits per heavy atom. The zero-order valence-corrected chi connectivity index (χ0v) is 15.1. The van der Waals surface area contributed by atoms with Crippen molar-refractivity contribution in [1.82, 2.24) is 4.90 Å². The van der Waals surface area contributed by atoms with Crippen molar-refractivity contribution in [2.24, 2.45) is 4.99 Å². The molecule has 2 nitrogen and oxygen atoms in total. The second kappa shape index (κ2) is 7.91. The van der Waals surface area contributed by atoms with Crippen molar-refractivity contribution < 1.29 is 13.2 Å². The molecule has 0 spiro atoms. The molecule has 0 saturated carbocycles. The van der Waals surface area contributed by atoms with E-state index in [0.29, 0.717) is 17.0 Å². The van der Waals surface area contributed by atoms with Gasteiger partial charge in [0.15, 0.2) is 0 Å². The standard InChI is InChI=1S/C19H20ClF3N2/c1-4-25(3)12-24-18-11-17(20)10-15(13(18)2)8-14-6-5-7-16(9-14)19(21,22)23/h5-7,9-12H,4,8H2,1-3H3. The lowest BCUT2D eigenvalue weighted by Gasteiger charge is -2.13. The molecular weight excluding hydrogens is 349 g/mol. The van der Waals surface area contributed by atoms with Crippen LogP contribution in [-0.4, -0.2) is 24.8 Å². The number of hydrogen-bond acceptors (Lipinski definition) is 1. The maximum atomic E-state index is 12.9. The zero-order chi connectivity index (χ0) is 18.6. The van der Waals surface area contributed by atoms with Gasteiger partial charge in [0, 0.05) is 18.6 Å². The van der Waals surface area contributed by atoms with Gasteiger partial charge in [-0.05, 0) is 55.2 Å². The molecule has 134 valence electrons. The van der Waals surface area contributed by atoms with E-state index in [4.69, 9.17) is 11.6 Å². The highest BCUT2D eigenvalue weighted by molar-refractivity contribution is 6.31. The molecule has 0 amide bonds. The van der Waals surface area contributed by atoms with E-state index in [1.165, 1.54) is 12.1 Å². The van der Waals surface area contributed by atoms with Gasteiger partial charge in [-0.15, -0.1) is 0 Å². The van der Waals surface area contributed by atoms with Crippen LogP contribution in [0.1, 0.15) is 29.2 Å². The number of alkyl halides is 3. The average molecular weight is 369 g/mol. The number of halogens is 4. The summed E-state index contributed by atoms with van der Waals surface area (Å²) in [5, 5.41) is 0.513. The zero-order valence-electron chi connectivity index (χ0n) is 14.4. The minimum atomic E-state index is -4.35. The van der Waals surface area contributed by atoms with Crippen LogP contribution in [0, 0.1) is 6.92 Å². The van der Waals surface area contributed by atoms with Crippen LogP contribution in [0.3, 0.4) is 0 Å². The molecule has 0 aliphatic rings. The molecule has 0 aliphatic heterocycles. The lowest BCUT2D eigenvalue weighted by molar-refractivity contribution is -0.137. The molecule has 6 heteroatoms. The topological polar surface area (TPSA) is 15.6 Å². The van der Waals surface area contributed by atoms with Crippen molar-refractivity contribution >= 4 is 23.6 Å². The summed E-state index contributed by atoms with van der Waals surface area (Å²) < 4.78 is 38.6. The third-order valence-corrected chi connectivity index (χ3v) is 4.21. The first kappa shape index (κ1) is 19.3. The predicted molar refractivity (Wildman–Crippen MR) is 96.9 cm³/mol. The van der Waals surface area contributed by atoms with E-state index >= 15 is 0 Å². The molecule has 0 heterocycles. The van der Waals surface area contributed by atoms with E-state index in [0.717, 1.165) is 29.4 Å². The van der Waals surface area contributed by atoms with Crippen LogP contribution in [0.4, 0.5) is 18.9 Å². The van der Waals surface area contributed by atoms with Gasteiger partial charge < -0.3 is 4.90 Å². The normalized spacial score (nSPS) is 12.0. The SMILES string of the molecule is CCN(C)C=Nc1cc(Cl)cc(Cc2cccc(C(F)(F)F)c2)c1C. The second-order valence-electron chi connectivity index (χ2n) is 5.90. The highest BCUT2D eigenvalue weighted by Gasteiger charge is 2.30. The lowest BCUT2D eigenvalue weighted by Crippen LogP contribution is -2.14. The van der Waals surface area contributed by atoms with E-state index in [9.17, 15) is 13.2 Å². The first-order valence-corrected chi connectivity index (χ1v) is 8.28. The molecule has 2 rings (SSSR count). The van der Waals surface area contributed by atoms with E-state index < -0.39 is 11.7 Å². The fourth-order valence-electron chi connectivity index (χ4n) is 2.36. The van der Waals surface area contributed by atoms with Crippen LogP contribution in [0.5, 0.6) is 0 Å². The summed E-state index contributed by atoms with van der Waals surface area (Å²) in [5.74, 6) is 0. The minimum Gasteiger partial charge on any atom is -0.366 e. The van der Waals surface area contributed by atoms with Gasteiger partial charge in [-0.2, -0.15) is 13.2 Å². The first-order valence-electron chi connectivity index (χ1n) is 7.90. The minimum absolute atomic E-state index is 0.364. The van der Waals surface area contributed by atoms with Gasteiger partial charge in [-0.3, -0.25) is 0 Å². The summed E-state index contributed by atoms with van der Waals surface area (Å²) in [7, 11) is 1.91. The van der Waals surface area contributed by atoms with Crippen molar-refractivity contribution in [2.45, 2.75) is 26.4 Å². The molecule has 0 bridgehead atoms. The van der Waals surface area contributed by atoms with Gasteiger partial charge in [0.05, 0.1) is 17.6 Å². The third kappa shape index (κ3) is 5.23. The molecular formula is C19H20ClF3N2. The Kier molecular flexibility index (Phi) is 6.11. The molecule has 25 heavy (non-hydrogen) atoms. The van der Waals surface area contributed by atoms with Crippen LogP contribution in [-0.2, 0) is 12.6 Å². The Morgan fingerprint density at radius 3 is 2.56 bits per heavy atom. The van der Waals surface area contributed by atoms with Crippen LogP contribution >= 0.6 is 11.6 Å². The highest BCUT2D eigenvalue weighted by atomic mass is 35.5. The molecule has 0 N–H and O–H groups in total. The first-order chi connectivity index (χ1) is 11.7. The lowest BCUT2D eigenvalue weighted by atomic mass is 9.98. The van der Waals surface area contributed by atoms with Gasteiger partial charge in [0.25, 0.3) is 0 Å². The summed E-state index contributed by atoms with van der Waals surface area (Å²) in [6.45, 7) is 4.73. The van der Waals surface area contributed by atoms with Gasteiger partial charge in [-0.25, -0.2) is 4.99 Å². The van der Waals surface area contributed by atoms with Crippen molar-refractivity contribution in [3.8, 4) is 0 Å². The Balaban J connectivity index is 2.34. The Hall–Kier alpha value is -2.01. The van der Waals surface area contributed by atoms with E-state index in [1.807, 2.05) is 25.8 Å².